The van der Waals surface area contributed by atoms with E-state index >= 15 is 0 Å². The summed E-state index contributed by atoms with van der Waals surface area (Å²) in [6, 6.07) is 1.31. The van der Waals surface area contributed by atoms with E-state index in [0.29, 0.717) is 16.2 Å². The Labute approximate surface area is 106 Å². The average Bonchev–Trinajstić information content (AvgIpc) is 2.64. The van der Waals surface area contributed by atoms with Gasteiger partial charge >= 0.3 is 18.1 Å². The molecule has 2 heterocycles. The number of fused-ring (bicyclic) bond motifs is 1. The molecule has 0 bridgehead atoms. The molecule has 2 rings (SSSR count). The number of hydrogen-bond donors (Lipinski definition) is 1. The molecule has 0 saturated carbocycles. The third-order valence-electron chi connectivity index (χ3n) is 3.18. The number of carboxylic acids is 1. The Kier molecular flexibility index (Phi) is 3.03. The standard InChI is InChI=1S/C11H11F3N2O3/c1-15-7-2-3-16(10(19)11(12,13)14)5-6(7)4-8(15)9(17)18/h4H,2-3,5H2,1H3,(H,17,18). The SMILES string of the molecule is Cn1c(C(=O)O)cc2c1CCN(C(=O)C(F)(F)F)C2. The van der Waals surface area contributed by atoms with Gasteiger partial charge in [0.1, 0.15) is 5.69 Å². The van der Waals surface area contributed by atoms with Crippen molar-refractivity contribution in [2.45, 2.75) is 19.1 Å². The van der Waals surface area contributed by atoms with E-state index in [2.05, 4.69) is 0 Å². The lowest BCUT2D eigenvalue weighted by atomic mass is 10.1. The van der Waals surface area contributed by atoms with E-state index in [4.69, 9.17) is 5.11 Å². The van der Waals surface area contributed by atoms with Crippen molar-refractivity contribution in [1.29, 1.82) is 0 Å². The number of amides is 1. The molecule has 0 aliphatic carbocycles. The molecular formula is C11H11F3N2O3. The van der Waals surface area contributed by atoms with Crippen LogP contribution in [-0.4, -0.2) is 39.2 Å². The molecule has 0 fully saturated rings. The van der Waals surface area contributed by atoms with Crippen molar-refractivity contribution in [1.82, 2.24) is 9.47 Å². The first-order valence-electron chi connectivity index (χ1n) is 5.48. The van der Waals surface area contributed by atoms with Gasteiger partial charge in [0.25, 0.3) is 0 Å². The Balaban J connectivity index is 2.28. The highest BCUT2D eigenvalue weighted by Crippen LogP contribution is 2.26. The Bertz CT molecular complexity index is 548. The molecule has 0 aromatic carbocycles. The molecule has 8 heteroatoms. The van der Waals surface area contributed by atoms with Crippen molar-refractivity contribution in [3.05, 3.63) is 23.0 Å². The van der Waals surface area contributed by atoms with Crippen LogP contribution >= 0.6 is 0 Å². The molecule has 1 aromatic heterocycles. The van der Waals surface area contributed by atoms with E-state index in [1.807, 2.05) is 0 Å². The smallest absolute Gasteiger partial charge is 0.471 e. The van der Waals surface area contributed by atoms with Crippen LogP contribution in [0.4, 0.5) is 13.2 Å². The fourth-order valence-electron chi connectivity index (χ4n) is 2.25. The summed E-state index contributed by atoms with van der Waals surface area (Å²) in [5, 5.41) is 8.94. The molecule has 0 unspecified atom stereocenters. The van der Waals surface area contributed by atoms with Gasteiger partial charge in [0.15, 0.2) is 0 Å². The predicted molar refractivity (Wildman–Crippen MR) is 57.5 cm³/mol. The highest BCUT2D eigenvalue weighted by Gasteiger charge is 2.43. The van der Waals surface area contributed by atoms with Gasteiger partial charge in [0.05, 0.1) is 0 Å². The lowest BCUT2D eigenvalue weighted by Crippen LogP contribution is -2.43. The topological polar surface area (TPSA) is 62.5 Å². The number of halogens is 3. The van der Waals surface area contributed by atoms with E-state index in [0.717, 1.165) is 0 Å². The number of carboxylic acid groups (broad SMARTS) is 1. The van der Waals surface area contributed by atoms with Gasteiger partial charge in [-0.15, -0.1) is 0 Å². The van der Waals surface area contributed by atoms with Crippen LogP contribution in [-0.2, 0) is 24.8 Å². The van der Waals surface area contributed by atoms with Crippen LogP contribution in [0.1, 0.15) is 21.7 Å². The molecule has 5 nitrogen and oxygen atoms in total. The minimum Gasteiger partial charge on any atom is -0.477 e. The second kappa shape index (κ2) is 4.29. The molecule has 1 N–H and O–H groups in total. The van der Waals surface area contributed by atoms with Crippen molar-refractivity contribution < 1.29 is 27.9 Å². The summed E-state index contributed by atoms with van der Waals surface area (Å²) >= 11 is 0. The van der Waals surface area contributed by atoms with Gasteiger partial charge in [0, 0.05) is 32.3 Å². The van der Waals surface area contributed by atoms with Gasteiger partial charge in [-0.05, 0) is 11.6 Å². The number of carbonyl (C=O) groups is 2. The highest BCUT2D eigenvalue weighted by molar-refractivity contribution is 5.87. The quantitative estimate of drug-likeness (QED) is 0.837. The van der Waals surface area contributed by atoms with Gasteiger partial charge in [-0.2, -0.15) is 13.2 Å². The van der Waals surface area contributed by atoms with Gasteiger partial charge in [-0.1, -0.05) is 0 Å². The maximum Gasteiger partial charge on any atom is 0.471 e. The molecule has 0 spiro atoms. The Morgan fingerprint density at radius 2 is 2.00 bits per heavy atom. The zero-order chi connectivity index (χ0) is 14.4. The van der Waals surface area contributed by atoms with Gasteiger partial charge in [-0.3, -0.25) is 4.79 Å². The summed E-state index contributed by atoms with van der Waals surface area (Å²) in [6.07, 6.45) is -4.69. The van der Waals surface area contributed by atoms with Crippen LogP contribution in [0.5, 0.6) is 0 Å². The monoisotopic (exact) mass is 276 g/mol. The van der Waals surface area contributed by atoms with E-state index in [1.165, 1.54) is 10.6 Å². The maximum atomic E-state index is 12.3. The van der Waals surface area contributed by atoms with Crippen molar-refractivity contribution in [2.75, 3.05) is 6.54 Å². The van der Waals surface area contributed by atoms with Crippen LogP contribution < -0.4 is 0 Å². The largest absolute Gasteiger partial charge is 0.477 e. The number of aromatic nitrogens is 1. The lowest BCUT2D eigenvalue weighted by molar-refractivity contribution is -0.186. The van der Waals surface area contributed by atoms with Crippen LogP contribution in [0.2, 0.25) is 0 Å². The third-order valence-corrected chi connectivity index (χ3v) is 3.18. The molecule has 104 valence electrons. The molecule has 0 radical (unpaired) electrons. The number of hydrogen-bond acceptors (Lipinski definition) is 2. The zero-order valence-electron chi connectivity index (χ0n) is 9.99. The van der Waals surface area contributed by atoms with E-state index in [-0.39, 0.29) is 25.2 Å². The van der Waals surface area contributed by atoms with E-state index in [1.54, 1.807) is 7.05 Å². The molecule has 1 aliphatic rings. The minimum atomic E-state index is -4.90. The number of aromatic carboxylic acids is 1. The molecule has 19 heavy (non-hydrogen) atoms. The number of rotatable bonds is 1. The van der Waals surface area contributed by atoms with E-state index < -0.39 is 18.1 Å². The van der Waals surface area contributed by atoms with E-state index in [9.17, 15) is 22.8 Å². The Morgan fingerprint density at radius 3 is 2.53 bits per heavy atom. The number of alkyl halides is 3. The molecule has 1 aliphatic heterocycles. The summed E-state index contributed by atoms with van der Waals surface area (Å²) in [5.74, 6) is -3.04. The summed E-state index contributed by atoms with van der Waals surface area (Å²) in [5.41, 5.74) is 1.11. The maximum absolute atomic E-state index is 12.3. The number of nitrogens with zero attached hydrogens (tertiary/aromatic N) is 2. The average molecular weight is 276 g/mol. The summed E-state index contributed by atoms with van der Waals surface area (Å²) in [7, 11) is 1.55. The lowest BCUT2D eigenvalue weighted by Gasteiger charge is -2.28. The normalized spacial score (nSPS) is 15.3. The first-order valence-corrected chi connectivity index (χ1v) is 5.48. The summed E-state index contributed by atoms with van der Waals surface area (Å²) < 4.78 is 38.4. The molecule has 1 aromatic rings. The number of carbonyl (C=O) groups excluding carboxylic acids is 1. The molecular weight excluding hydrogens is 265 g/mol. The molecule has 0 saturated heterocycles. The summed E-state index contributed by atoms with van der Waals surface area (Å²) in [6.45, 7) is -0.281. The minimum absolute atomic E-state index is 0.00584. The van der Waals surface area contributed by atoms with Crippen molar-refractivity contribution in [2.24, 2.45) is 7.05 Å². The first kappa shape index (κ1) is 13.4. The Hall–Kier alpha value is -1.99. The van der Waals surface area contributed by atoms with Crippen LogP contribution in [0.3, 0.4) is 0 Å². The van der Waals surface area contributed by atoms with Gasteiger partial charge in [-0.25, -0.2) is 4.79 Å². The Morgan fingerprint density at radius 1 is 1.37 bits per heavy atom. The van der Waals surface area contributed by atoms with Crippen molar-refractivity contribution in [3.8, 4) is 0 Å². The fourth-order valence-corrected chi connectivity index (χ4v) is 2.25. The second-order valence-corrected chi connectivity index (χ2v) is 4.34. The third kappa shape index (κ3) is 2.29. The van der Waals surface area contributed by atoms with Crippen molar-refractivity contribution >= 4 is 11.9 Å². The summed E-state index contributed by atoms with van der Waals surface area (Å²) in [4.78, 5) is 22.8. The molecule has 1 amide bonds. The second-order valence-electron chi connectivity index (χ2n) is 4.34. The van der Waals surface area contributed by atoms with Crippen molar-refractivity contribution in [3.63, 3.8) is 0 Å². The molecule has 0 atom stereocenters. The zero-order valence-corrected chi connectivity index (χ0v) is 9.99. The van der Waals surface area contributed by atoms with Crippen LogP contribution in [0, 0.1) is 0 Å². The van der Waals surface area contributed by atoms with Crippen LogP contribution in [0.25, 0.3) is 0 Å². The predicted octanol–water partition coefficient (Wildman–Crippen LogP) is 1.17. The van der Waals surface area contributed by atoms with Gasteiger partial charge in [0.2, 0.25) is 0 Å². The van der Waals surface area contributed by atoms with Gasteiger partial charge < -0.3 is 14.6 Å². The highest BCUT2D eigenvalue weighted by atomic mass is 19.4. The fraction of sp³-hybridized carbons (Fsp3) is 0.455. The van der Waals surface area contributed by atoms with Crippen LogP contribution in [0.15, 0.2) is 6.07 Å². The first-order chi connectivity index (χ1) is 8.71.